The number of hydrogen-bond acceptors (Lipinski definition) is 1. The summed E-state index contributed by atoms with van der Waals surface area (Å²) >= 11 is 0. The van der Waals surface area contributed by atoms with Gasteiger partial charge in [-0.25, -0.2) is 13.2 Å². The molecule has 0 aromatic heterocycles. The molecule has 4 heteroatoms. The zero-order valence-electron chi connectivity index (χ0n) is 8.78. The molecule has 1 rings (SSSR count). The molecule has 0 bridgehead atoms. The van der Waals surface area contributed by atoms with Crippen LogP contribution in [0.5, 0.6) is 0 Å². The molecule has 84 valence electrons. The molecule has 1 atom stereocenters. The Balaban J connectivity index is 2.70. The molecule has 0 saturated heterocycles. The minimum Gasteiger partial charge on any atom is -0.385 e. The van der Waals surface area contributed by atoms with Crippen molar-refractivity contribution in [3.8, 4) is 0 Å². The maximum absolute atomic E-state index is 12.8. The molecule has 0 saturated carbocycles. The maximum Gasteiger partial charge on any atom is 0.194 e. The zero-order valence-corrected chi connectivity index (χ0v) is 8.78. The molecule has 0 unspecified atom stereocenters. The van der Waals surface area contributed by atoms with Gasteiger partial charge in [-0.15, -0.1) is 0 Å². The van der Waals surface area contributed by atoms with Gasteiger partial charge in [0.05, 0.1) is 0 Å². The largest absolute Gasteiger partial charge is 0.385 e. The van der Waals surface area contributed by atoms with Gasteiger partial charge in [-0.2, -0.15) is 0 Å². The predicted octanol–water partition coefficient (Wildman–Crippen LogP) is 3.56. The van der Waals surface area contributed by atoms with Crippen molar-refractivity contribution in [2.24, 2.45) is 5.92 Å². The quantitative estimate of drug-likeness (QED) is 0.760. The monoisotopic (exact) mass is 217 g/mol. The Labute approximate surface area is 87.3 Å². The van der Waals surface area contributed by atoms with E-state index in [0.717, 1.165) is 18.6 Å². The fourth-order valence-electron chi connectivity index (χ4n) is 1.09. The second-order valence-electron chi connectivity index (χ2n) is 3.65. The van der Waals surface area contributed by atoms with Crippen LogP contribution in [-0.4, -0.2) is 6.54 Å². The van der Waals surface area contributed by atoms with Gasteiger partial charge >= 0.3 is 0 Å². The summed E-state index contributed by atoms with van der Waals surface area (Å²) in [6, 6.07) is 1.92. The number of nitrogens with one attached hydrogen (secondary N) is 1. The van der Waals surface area contributed by atoms with Crippen LogP contribution >= 0.6 is 0 Å². The lowest BCUT2D eigenvalue weighted by atomic mass is 10.1. The Bertz CT molecular complexity index is 316. The van der Waals surface area contributed by atoms with Crippen LogP contribution in [0.4, 0.5) is 18.9 Å². The van der Waals surface area contributed by atoms with Gasteiger partial charge in [-0.1, -0.05) is 20.3 Å². The van der Waals surface area contributed by atoms with E-state index in [1.54, 1.807) is 0 Å². The van der Waals surface area contributed by atoms with Crippen molar-refractivity contribution >= 4 is 5.69 Å². The Hall–Kier alpha value is -1.19. The first-order valence-electron chi connectivity index (χ1n) is 4.93. The molecule has 0 aliphatic heterocycles. The van der Waals surface area contributed by atoms with Crippen molar-refractivity contribution in [3.05, 3.63) is 29.6 Å². The van der Waals surface area contributed by atoms with Gasteiger partial charge in [0.1, 0.15) is 0 Å². The number of rotatable bonds is 4. The topological polar surface area (TPSA) is 12.0 Å². The van der Waals surface area contributed by atoms with E-state index in [-0.39, 0.29) is 5.69 Å². The minimum atomic E-state index is -1.43. The maximum atomic E-state index is 12.8. The van der Waals surface area contributed by atoms with E-state index in [0.29, 0.717) is 12.5 Å². The van der Waals surface area contributed by atoms with Crippen molar-refractivity contribution in [2.75, 3.05) is 11.9 Å². The van der Waals surface area contributed by atoms with E-state index in [4.69, 9.17) is 0 Å². The summed E-state index contributed by atoms with van der Waals surface area (Å²) in [5.41, 5.74) is 0.270. The first kappa shape index (κ1) is 11.9. The lowest BCUT2D eigenvalue weighted by molar-refractivity contribution is 0.447. The van der Waals surface area contributed by atoms with Crippen molar-refractivity contribution in [3.63, 3.8) is 0 Å². The van der Waals surface area contributed by atoms with Crippen LogP contribution < -0.4 is 5.32 Å². The lowest BCUT2D eigenvalue weighted by Gasteiger charge is -2.11. The predicted molar refractivity (Wildman–Crippen MR) is 54.3 cm³/mol. The van der Waals surface area contributed by atoms with Crippen molar-refractivity contribution < 1.29 is 13.2 Å². The van der Waals surface area contributed by atoms with Gasteiger partial charge in [0, 0.05) is 24.4 Å². The number of benzene rings is 1. The molecular formula is C11H14F3N. The van der Waals surface area contributed by atoms with Crippen LogP contribution in [0.3, 0.4) is 0 Å². The molecule has 1 aromatic rings. The summed E-state index contributed by atoms with van der Waals surface area (Å²) in [5.74, 6) is -3.35. The molecule has 0 aliphatic carbocycles. The van der Waals surface area contributed by atoms with Gasteiger partial charge in [0.2, 0.25) is 0 Å². The number of hydrogen-bond donors (Lipinski definition) is 1. The van der Waals surface area contributed by atoms with Crippen LogP contribution in [0.1, 0.15) is 20.3 Å². The number of anilines is 1. The van der Waals surface area contributed by atoms with Gasteiger partial charge in [-0.05, 0) is 5.92 Å². The van der Waals surface area contributed by atoms with Crippen LogP contribution in [-0.2, 0) is 0 Å². The first-order valence-corrected chi connectivity index (χ1v) is 4.93. The third-order valence-corrected chi connectivity index (χ3v) is 2.34. The van der Waals surface area contributed by atoms with E-state index < -0.39 is 17.5 Å². The second kappa shape index (κ2) is 5.05. The normalized spacial score (nSPS) is 12.6. The standard InChI is InChI=1S/C11H14F3N/c1-3-7(2)6-15-8-4-9(12)11(14)10(13)5-8/h4-5,7,15H,3,6H2,1-2H3/t7-/m1/s1. The van der Waals surface area contributed by atoms with Crippen molar-refractivity contribution in [1.29, 1.82) is 0 Å². The summed E-state index contributed by atoms with van der Waals surface area (Å²) in [5, 5.41) is 2.86. The zero-order chi connectivity index (χ0) is 11.4. The Morgan fingerprint density at radius 3 is 2.20 bits per heavy atom. The summed E-state index contributed by atoms with van der Waals surface area (Å²) in [4.78, 5) is 0. The molecule has 1 aromatic carbocycles. The average Bonchev–Trinajstić information content (AvgIpc) is 2.22. The highest BCUT2D eigenvalue weighted by Gasteiger charge is 2.10. The van der Waals surface area contributed by atoms with E-state index >= 15 is 0 Å². The third-order valence-electron chi connectivity index (χ3n) is 2.34. The van der Waals surface area contributed by atoms with E-state index in [1.807, 2.05) is 13.8 Å². The summed E-state index contributed by atoms with van der Waals surface area (Å²) in [6.45, 7) is 4.66. The van der Waals surface area contributed by atoms with Gasteiger partial charge in [0.25, 0.3) is 0 Å². The van der Waals surface area contributed by atoms with Crippen LogP contribution in [0, 0.1) is 23.4 Å². The smallest absolute Gasteiger partial charge is 0.194 e. The van der Waals surface area contributed by atoms with E-state index in [9.17, 15) is 13.2 Å². The van der Waals surface area contributed by atoms with E-state index in [1.165, 1.54) is 0 Å². The van der Waals surface area contributed by atoms with Gasteiger partial charge < -0.3 is 5.32 Å². The van der Waals surface area contributed by atoms with Gasteiger partial charge in [-0.3, -0.25) is 0 Å². The molecule has 0 heterocycles. The minimum absolute atomic E-state index is 0.270. The average molecular weight is 217 g/mol. The van der Waals surface area contributed by atoms with Crippen molar-refractivity contribution in [2.45, 2.75) is 20.3 Å². The SMILES string of the molecule is CC[C@@H](C)CNc1cc(F)c(F)c(F)c1. The molecule has 15 heavy (non-hydrogen) atoms. The molecule has 0 fully saturated rings. The Morgan fingerprint density at radius 2 is 1.73 bits per heavy atom. The Kier molecular flexibility index (Phi) is 4.00. The molecular weight excluding hydrogens is 203 g/mol. The van der Waals surface area contributed by atoms with Gasteiger partial charge in [0.15, 0.2) is 17.5 Å². The highest BCUT2D eigenvalue weighted by Crippen LogP contribution is 2.17. The summed E-state index contributed by atoms with van der Waals surface area (Å²) in [7, 11) is 0. The highest BCUT2D eigenvalue weighted by molar-refractivity contribution is 5.44. The van der Waals surface area contributed by atoms with Crippen LogP contribution in [0.15, 0.2) is 12.1 Å². The Morgan fingerprint density at radius 1 is 1.20 bits per heavy atom. The summed E-state index contributed by atoms with van der Waals surface area (Å²) < 4.78 is 38.2. The molecule has 1 nitrogen and oxygen atoms in total. The first-order chi connectivity index (χ1) is 7.04. The molecule has 0 spiro atoms. The molecule has 1 N–H and O–H groups in total. The molecule has 0 aliphatic rings. The summed E-state index contributed by atoms with van der Waals surface area (Å²) in [6.07, 6.45) is 0.971. The highest BCUT2D eigenvalue weighted by atomic mass is 19.2. The fourth-order valence-corrected chi connectivity index (χ4v) is 1.09. The lowest BCUT2D eigenvalue weighted by Crippen LogP contribution is -2.10. The third kappa shape index (κ3) is 3.15. The molecule has 0 amide bonds. The van der Waals surface area contributed by atoms with Crippen LogP contribution in [0.2, 0.25) is 0 Å². The number of halogens is 3. The molecule has 0 radical (unpaired) electrons. The van der Waals surface area contributed by atoms with Crippen LogP contribution in [0.25, 0.3) is 0 Å². The second-order valence-corrected chi connectivity index (χ2v) is 3.65. The van der Waals surface area contributed by atoms with Crippen molar-refractivity contribution in [1.82, 2.24) is 0 Å². The fraction of sp³-hybridized carbons (Fsp3) is 0.455. The van der Waals surface area contributed by atoms with E-state index in [2.05, 4.69) is 5.32 Å².